The second kappa shape index (κ2) is 12.4. The summed E-state index contributed by atoms with van der Waals surface area (Å²) in [5.74, 6) is 4.37. The average molecular weight is 401 g/mol. The number of ether oxygens (including phenoxy) is 1. The molecule has 162 valence electrons. The predicted molar refractivity (Wildman–Crippen MR) is 121 cm³/mol. The quantitative estimate of drug-likeness (QED) is 0.357. The molecule has 1 aromatic rings. The summed E-state index contributed by atoms with van der Waals surface area (Å²) < 4.78 is 18.0. The molecule has 1 nitrogen and oxygen atoms in total. The van der Waals surface area contributed by atoms with Crippen molar-refractivity contribution in [2.24, 2.45) is 17.8 Å². The third-order valence-electron chi connectivity index (χ3n) is 7.47. The molecule has 0 amide bonds. The summed E-state index contributed by atoms with van der Waals surface area (Å²) in [7, 11) is 0. The number of halogens is 1. The van der Waals surface area contributed by atoms with Crippen molar-refractivity contribution in [3.63, 3.8) is 0 Å². The molecule has 0 N–H and O–H groups in total. The van der Waals surface area contributed by atoms with Gasteiger partial charge in [0.15, 0.2) is 0 Å². The third-order valence-corrected chi connectivity index (χ3v) is 7.47. The van der Waals surface area contributed by atoms with Gasteiger partial charge in [-0.25, -0.2) is 4.39 Å². The Kier molecular flexibility index (Phi) is 9.57. The molecule has 0 aliphatic heterocycles. The standard InChI is InChI=1S/C27H41FO/c1-2-3-21-29-27-18-16-26(17-19-27)25-14-12-24(13-15-25)11-10-23-8-6-22(7-9-23)5-4-20-28/h4,16-20,22-25H,2-3,5-15,21H2,1H3. The van der Waals surface area contributed by atoms with E-state index in [9.17, 15) is 4.39 Å². The van der Waals surface area contributed by atoms with E-state index in [1.165, 1.54) is 76.2 Å². The van der Waals surface area contributed by atoms with Crippen LogP contribution in [0.1, 0.15) is 102 Å². The van der Waals surface area contributed by atoms with Crippen LogP contribution < -0.4 is 4.74 Å². The molecular weight excluding hydrogens is 359 g/mol. The van der Waals surface area contributed by atoms with Crippen molar-refractivity contribution in [3.8, 4) is 5.75 Å². The molecule has 1 aromatic carbocycles. The average Bonchev–Trinajstić information content (AvgIpc) is 2.78. The Balaban J connectivity index is 1.32. The lowest BCUT2D eigenvalue weighted by atomic mass is 9.74. The first-order chi connectivity index (χ1) is 14.3. The smallest absolute Gasteiger partial charge is 0.119 e. The molecule has 0 aromatic heterocycles. The van der Waals surface area contributed by atoms with Gasteiger partial charge < -0.3 is 4.74 Å². The number of hydrogen-bond acceptors (Lipinski definition) is 1. The molecule has 2 aliphatic rings. The van der Waals surface area contributed by atoms with Crippen molar-refractivity contribution in [1.82, 2.24) is 0 Å². The van der Waals surface area contributed by atoms with Gasteiger partial charge in [0.25, 0.3) is 0 Å². The van der Waals surface area contributed by atoms with E-state index >= 15 is 0 Å². The molecular formula is C27H41FO. The Morgan fingerprint density at radius 2 is 1.45 bits per heavy atom. The molecule has 3 rings (SSSR count). The summed E-state index contributed by atoms with van der Waals surface area (Å²) in [5, 5.41) is 0. The maximum absolute atomic E-state index is 12.2. The number of unbranched alkanes of at least 4 members (excludes halogenated alkanes) is 1. The van der Waals surface area contributed by atoms with Crippen LogP contribution in [0.25, 0.3) is 0 Å². The van der Waals surface area contributed by atoms with E-state index in [1.807, 2.05) is 0 Å². The van der Waals surface area contributed by atoms with E-state index in [2.05, 4.69) is 31.2 Å². The van der Waals surface area contributed by atoms with Crippen LogP contribution in [0.5, 0.6) is 5.75 Å². The molecule has 0 radical (unpaired) electrons. The SMILES string of the molecule is CCCCOc1ccc(C2CCC(CCC3CCC(CC=CF)CC3)CC2)cc1. The van der Waals surface area contributed by atoms with Crippen LogP contribution in [0, 0.1) is 17.8 Å². The van der Waals surface area contributed by atoms with Crippen LogP contribution in [0.3, 0.4) is 0 Å². The van der Waals surface area contributed by atoms with Crippen molar-refractivity contribution in [2.45, 2.75) is 96.3 Å². The van der Waals surface area contributed by atoms with Gasteiger partial charge in [0.2, 0.25) is 0 Å². The van der Waals surface area contributed by atoms with Crippen molar-refractivity contribution < 1.29 is 9.13 Å². The molecule has 2 aliphatic carbocycles. The largest absolute Gasteiger partial charge is 0.494 e. The van der Waals surface area contributed by atoms with Gasteiger partial charge in [-0.05, 0) is 92.7 Å². The number of hydrogen-bond donors (Lipinski definition) is 0. The molecule has 0 atom stereocenters. The molecule has 2 saturated carbocycles. The highest BCUT2D eigenvalue weighted by molar-refractivity contribution is 5.29. The Labute approximate surface area is 178 Å². The van der Waals surface area contributed by atoms with Gasteiger partial charge in [0.1, 0.15) is 5.75 Å². The van der Waals surface area contributed by atoms with Crippen LogP contribution >= 0.6 is 0 Å². The van der Waals surface area contributed by atoms with Gasteiger partial charge in [-0.2, -0.15) is 0 Å². The second-order valence-electron chi connectivity index (χ2n) is 9.55. The first-order valence-corrected chi connectivity index (χ1v) is 12.3. The molecule has 0 spiro atoms. The lowest BCUT2D eigenvalue weighted by molar-refractivity contribution is 0.231. The Morgan fingerprint density at radius 3 is 2.03 bits per heavy atom. The third kappa shape index (κ3) is 7.46. The lowest BCUT2D eigenvalue weighted by Gasteiger charge is -2.32. The summed E-state index contributed by atoms with van der Waals surface area (Å²) in [6, 6.07) is 8.92. The van der Waals surface area contributed by atoms with E-state index in [-0.39, 0.29) is 0 Å². The van der Waals surface area contributed by atoms with Crippen molar-refractivity contribution in [1.29, 1.82) is 0 Å². The van der Waals surface area contributed by atoms with E-state index < -0.39 is 0 Å². The van der Waals surface area contributed by atoms with E-state index in [0.29, 0.717) is 0 Å². The van der Waals surface area contributed by atoms with Crippen molar-refractivity contribution >= 4 is 0 Å². The zero-order chi connectivity index (χ0) is 20.3. The van der Waals surface area contributed by atoms with E-state index in [4.69, 9.17) is 4.74 Å². The van der Waals surface area contributed by atoms with Gasteiger partial charge >= 0.3 is 0 Å². The number of benzene rings is 1. The van der Waals surface area contributed by atoms with Gasteiger partial charge in [-0.15, -0.1) is 0 Å². The summed E-state index contributed by atoms with van der Waals surface area (Å²) in [6.07, 6.45) is 19.4. The molecule has 29 heavy (non-hydrogen) atoms. The summed E-state index contributed by atoms with van der Waals surface area (Å²) >= 11 is 0. The first-order valence-electron chi connectivity index (χ1n) is 12.3. The maximum Gasteiger partial charge on any atom is 0.119 e. The Morgan fingerprint density at radius 1 is 0.862 bits per heavy atom. The highest BCUT2D eigenvalue weighted by Crippen LogP contribution is 2.40. The van der Waals surface area contributed by atoms with Crippen LogP contribution in [0.2, 0.25) is 0 Å². The molecule has 0 unspecified atom stereocenters. The first kappa shape index (κ1) is 22.4. The zero-order valence-electron chi connectivity index (χ0n) is 18.5. The minimum atomic E-state index is 0.720. The monoisotopic (exact) mass is 400 g/mol. The van der Waals surface area contributed by atoms with Gasteiger partial charge in [-0.3, -0.25) is 0 Å². The maximum atomic E-state index is 12.2. The molecule has 2 heteroatoms. The minimum Gasteiger partial charge on any atom is -0.494 e. The van der Waals surface area contributed by atoms with E-state index in [0.717, 1.165) is 55.2 Å². The number of rotatable bonds is 10. The van der Waals surface area contributed by atoms with Gasteiger partial charge in [0.05, 0.1) is 12.9 Å². The summed E-state index contributed by atoms with van der Waals surface area (Å²) in [5.41, 5.74) is 1.51. The van der Waals surface area contributed by atoms with Gasteiger partial charge in [-0.1, -0.05) is 57.2 Å². The highest BCUT2D eigenvalue weighted by atomic mass is 19.1. The van der Waals surface area contributed by atoms with Crippen molar-refractivity contribution in [2.75, 3.05) is 6.61 Å². The van der Waals surface area contributed by atoms with Crippen LogP contribution in [-0.4, -0.2) is 6.61 Å². The lowest BCUT2D eigenvalue weighted by Crippen LogP contribution is -2.17. The fourth-order valence-electron chi connectivity index (χ4n) is 5.43. The second-order valence-corrected chi connectivity index (χ2v) is 9.55. The highest BCUT2D eigenvalue weighted by Gasteiger charge is 2.25. The Bertz CT molecular complexity index is 577. The molecule has 0 heterocycles. The predicted octanol–water partition coefficient (Wildman–Crippen LogP) is 8.60. The zero-order valence-corrected chi connectivity index (χ0v) is 18.5. The molecule has 0 bridgehead atoms. The fraction of sp³-hybridized carbons (Fsp3) is 0.704. The molecule has 2 fully saturated rings. The fourth-order valence-corrected chi connectivity index (χ4v) is 5.43. The number of allylic oxidation sites excluding steroid dienone is 1. The van der Waals surface area contributed by atoms with Gasteiger partial charge in [0, 0.05) is 0 Å². The van der Waals surface area contributed by atoms with Crippen LogP contribution in [0.15, 0.2) is 36.7 Å². The van der Waals surface area contributed by atoms with Crippen LogP contribution in [-0.2, 0) is 0 Å². The Hall–Kier alpha value is -1.31. The summed E-state index contributed by atoms with van der Waals surface area (Å²) in [6.45, 7) is 3.03. The van der Waals surface area contributed by atoms with E-state index in [1.54, 1.807) is 6.08 Å². The van der Waals surface area contributed by atoms with Crippen LogP contribution in [0.4, 0.5) is 4.39 Å². The molecule has 0 saturated heterocycles. The van der Waals surface area contributed by atoms with Crippen molar-refractivity contribution in [3.05, 3.63) is 42.2 Å². The minimum absolute atomic E-state index is 0.720. The topological polar surface area (TPSA) is 9.23 Å². The summed E-state index contributed by atoms with van der Waals surface area (Å²) in [4.78, 5) is 0. The normalized spacial score (nSPS) is 27.9.